The standard InChI is InChI=1S/C19H18N4O3/c1-11-6-14-15(7-12(11)2)23(21-20-14)9-17(24)13-4-5-18-16(8-13)22(3)19(25)10-26-18/h4-8H,9-10H2,1-3H3. The predicted molar refractivity (Wildman–Crippen MR) is 96.7 cm³/mol. The van der Waals surface area contributed by atoms with Crippen molar-refractivity contribution in [1.29, 1.82) is 0 Å². The first-order valence-electron chi connectivity index (χ1n) is 8.31. The number of likely N-dealkylation sites (N-methyl/N-ethyl adjacent to an activating group) is 1. The van der Waals surface area contributed by atoms with Crippen LogP contribution in [0.2, 0.25) is 0 Å². The zero-order chi connectivity index (χ0) is 18.4. The van der Waals surface area contributed by atoms with Gasteiger partial charge in [-0.3, -0.25) is 9.59 Å². The smallest absolute Gasteiger partial charge is 0.264 e. The Balaban J connectivity index is 1.65. The lowest BCUT2D eigenvalue weighted by atomic mass is 10.1. The van der Waals surface area contributed by atoms with E-state index in [-0.39, 0.29) is 24.8 Å². The second-order valence-corrected chi connectivity index (χ2v) is 6.52. The predicted octanol–water partition coefficient (Wildman–Crippen LogP) is 2.29. The minimum atomic E-state index is -0.143. The number of nitrogens with zero attached hydrogens (tertiary/aromatic N) is 4. The van der Waals surface area contributed by atoms with Gasteiger partial charge in [0.15, 0.2) is 12.4 Å². The van der Waals surface area contributed by atoms with E-state index < -0.39 is 0 Å². The van der Waals surface area contributed by atoms with Crippen molar-refractivity contribution < 1.29 is 14.3 Å². The fourth-order valence-electron chi connectivity index (χ4n) is 3.01. The summed E-state index contributed by atoms with van der Waals surface area (Å²) in [5, 5.41) is 8.26. The Morgan fingerprint density at radius 1 is 1.19 bits per heavy atom. The van der Waals surface area contributed by atoms with Crippen molar-refractivity contribution in [2.24, 2.45) is 0 Å². The first-order valence-corrected chi connectivity index (χ1v) is 8.31. The molecule has 0 bridgehead atoms. The molecular formula is C19H18N4O3. The van der Waals surface area contributed by atoms with Crippen molar-refractivity contribution in [3.8, 4) is 5.75 Å². The molecule has 7 heteroatoms. The normalized spacial score (nSPS) is 13.7. The van der Waals surface area contributed by atoms with Crippen molar-refractivity contribution in [2.45, 2.75) is 20.4 Å². The molecule has 0 aliphatic carbocycles. The van der Waals surface area contributed by atoms with Crippen LogP contribution in [0.1, 0.15) is 21.5 Å². The first-order chi connectivity index (χ1) is 12.4. The van der Waals surface area contributed by atoms with E-state index in [9.17, 15) is 9.59 Å². The molecule has 0 saturated carbocycles. The SMILES string of the molecule is Cc1cc2nnn(CC(=O)c3ccc4c(c3)N(C)C(=O)CO4)c2cc1C. The number of hydrogen-bond donors (Lipinski definition) is 0. The summed E-state index contributed by atoms with van der Waals surface area (Å²) >= 11 is 0. The van der Waals surface area contributed by atoms with E-state index in [0.717, 1.165) is 22.2 Å². The number of benzene rings is 2. The monoisotopic (exact) mass is 350 g/mol. The summed E-state index contributed by atoms with van der Waals surface area (Å²) in [4.78, 5) is 26.0. The second-order valence-electron chi connectivity index (χ2n) is 6.52. The fraction of sp³-hybridized carbons (Fsp3) is 0.263. The Morgan fingerprint density at radius 3 is 2.77 bits per heavy atom. The molecule has 0 spiro atoms. The number of carbonyl (C=O) groups is 2. The number of hydrogen-bond acceptors (Lipinski definition) is 5. The molecule has 26 heavy (non-hydrogen) atoms. The number of ketones is 1. The number of aryl methyl sites for hydroxylation is 2. The molecule has 0 unspecified atom stereocenters. The van der Waals surface area contributed by atoms with Gasteiger partial charge in [0.25, 0.3) is 5.91 Å². The van der Waals surface area contributed by atoms with Gasteiger partial charge in [-0.1, -0.05) is 5.21 Å². The minimum absolute atomic E-state index is 0.0144. The molecule has 132 valence electrons. The molecule has 2 aromatic carbocycles. The van der Waals surface area contributed by atoms with Crippen molar-refractivity contribution in [2.75, 3.05) is 18.6 Å². The highest BCUT2D eigenvalue weighted by Crippen LogP contribution is 2.32. The Hall–Kier alpha value is -3.22. The van der Waals surface area contributed by atoms with Crippen LogP contribution in [0.4, 0.5) is 5.69 Å². The van der Waals surface area contributed by atoms with E-state index in [1.807, 2.05) is 26.0 Å². The molecule has 3 aromatic rings. The Labute approximate surface area is 150 Å². The van der Waals surface area contributed by atoms with E-state index in [1.165, 1.54) is 4.90 Å². The minimum Gasteiger partial charge on any atom is -0.482 e. The van der Waals surface area contributed by atoms with Gasteiger partial charge in [-0.05, 0) is 55.3 Å². The third kappa shape index (κ3) is 2.61. The van der Waals surface area contributed by atoms with Crippen LogP contribution in [-0.4, -0.2) is 40.3 Å². The molecule has 1 amide bonds. The van der Waals surface area contributed by atoms with Crippen LogP contribution in [0, 0.1) is 13.8 Å². The number of rotatable bonds is 3. The number of carbonyl (C=O) groups excluding carboxylic acids is 2. The number of anilines is 1. The van der Waals surface area contributed by atoms with Gasteiger partial charge in [-0.15, -0.1) is 5.10 Å². The van der Waals surface area contributed by atoms with Crippen LogP contribution < -0.4 is 9.64 Å². The number of aromatic nitrogens is 3. The molecule has 0 atom stereocenters. The summed E-state index contributed by atoms with van der Waals surface area (Å²) in [6, 6.07) is 9.07. The molecular weight excluding hydrogens is 332 g/mol. The molecule has 0 radical (unpaired) electrons. The Kier molecular flexibility index (Phi) is 3.72. The topological polar surface area (TPSA) is 77.3 Å². The van der Waals surface area contributed by atoms with E-state index in [2.05, 4.69) is 10.3 Å². The van der Waals surface area contributed by atoms with Gasteiger partial charge in [-0.2, -0.15) is 0 Å². The number of Topliss-reactive ketones (excluding diaryl/α,β-unsaturated/α-hetero) is 1. The van der Waals surface area contributed by atoms with Gasteiger partial charge in [-0.25, -0.2) is 4.68 Å². The summed E-state index contributed by atoms with van der Waals surface area (Å²) < 4.78 is 7.00. The second kappa shape index (κ2) is 5.94. The van der Waals surface area contributed by atoms with E-state index >= 15 is 0 Å². The van der Waals surface area contributed by atoms with Crippen LogP contribution in [0.5, 0.6) is 5.75 Å². The third-order valence-electron chi connectivity index (χ3n) is 4.79. The molecule has 2 heterocycles. The van der Waals surface area contributed by atoms with Crippen LogP contribution in [-0.2, 0) is 11.3 Å². The van der Waals surface area contributed by atoms with Gasteiger partial charge in [0.2, 0.25) is 0 Å². The summed E-state index contributed by atoms with van der Waals surface area (Å²) in [6.45, 7) is 4.13. The highest BCUT2D eigenvalue weighted by atomic mass is 16.5. The van der Waals surface area contributed by atoms with Crippen LogP contribution >= 0.6 is 0 Å². The summed E-state index contributed by atoms with van der Waals surface area (Å²) in [5.41, 5.74) is 4.96. The maximum Gasteiger partial charge on any atom is 0.264 e. The number of amides is 1. The fourth-order valence-corrected chi connectivity index (χ4v) is 3.01. The van der Waals surface area contributed by atoms with Crippen LogP contribution in [0.3, 0.4) is 0 Å². The number of ether oxygens (including phenoxy) is 1. The van der Waals surface area contributed by atoms with Crippen molar-refractivity contribution in [1.82, 2.24) is 15.0 Å². The Morgan fingerprint density at radius 2 is 1.96 bits per heavy atom. The molecule has 0 saturated heterocycles. The highest BCUT2D eigenvalue weighted by Gasteiger charge is 2.23. The lowest BCUT2D eigenvalue weighted by molar-refractivity contribution is -0.120. The molecule has 1 aromatic heterocycles. The average molecular weight is 350 g/mol. The molecule has 1 aliphatic rings. The Bertz CT molecular complexity index is 1050. The average Bonchev–Trinajstić information content (AvgIpc) is 3.00. The maximum absolute atomic E-state index is 12.7. The van der Waals surface area contributed by atoms with Crippen LogP contribution in [0.15, 0.2) is 30.3 Å². The lowest BCUT2D eigenvalue weighted by Gasteiger charge is -2.26. The van der Waals surface area contributed by atoms with Crippen LogP contribution in [0.25, 0.3) is 11.0 Å². The summed E-state index contributed by atoms with van der Waals surface area (Å²) in [7, 11) is 1.67. The molecule has 4 rings (SSSR count). The lowest BCUT2D eigenvalue weighted by Crippen LogP contribution is -2.35. The van der Waals surface area contributed by atoms with Gasteiger partial charge in [0.05, 0.1) is 11.2 Å². The maximum atomic E-state index is 12.7. The van der Waals surface area contributed by atoms with E-state index in [0.29, 0.717) is 17.0 Å². The third-order valence-corrected chi connectivity index (χ3v) is 4.79. The number of fused-ring (bicyclic) bond motifs is 2. The quantitative estimate of drug-likeness (QED) is 0.677. The van der Waals surface area contributed by atoms with Crippen molar-refractivity contribution >= 4 is 28.4 Å². The van der Waals surface area contributed by atoms with Crippen molar-refractivity contribution in [3.63, 3.8) is 0 Å². The van der Waals surface area contributed by atoms with Gasteiger partial charge >= 0.3 is 0 Å². The highest BCUT2D eigenvalue weighted by molar-refractivity contribution is 6.01. The molecule has 1 aliphatic heterocycles. The van der Waals surface area contributed by atoms with Gasteiger partial charge < -0.3 is 9.64 Å². The first kappa shape index (κ1) is 16.3. The zero-order valence-corrected chi connectivity index (χ0v) is 14.8. The van der Waals surface area contributed by atoms with E-state index in [4.69, 9.17) is 4.74 Å². The van der Waals surface area contributed by atoms with Gasteiger partial charge in [0.1, 0.15) is 17.8 Å². The van der Waals surface area contributed by atoms with E-state index in [1.54, 1.807) is 29.9 Å². The summed E-state index contributed by atoms with van der Waals surface area (Å²) in [6.07, 6.45) is 0. The molecule has 7 nitrogen and oxygen atoms in total. The molecule has 0 fully saturated rings. The largest absolute Gasteiger partial charge is 0.482 e. The van der Waals surface area contributed by atoms with Gasteiger partial charge in [0, 0.05) is 12.6 Å². The summed E-state index contributed by atoms with van der Waals surface area (Å²) in [5.74, 6) is 0.348. The molecule has 0 N–H and O–H groups in total. The zero-order valence-electron chi connectivity index (χ0n) is 14.8. The van der Waals surface area contributed by atoms with Crippen molar-refractivity contribution in [3.05, 3.63) is 47.0 Å².